The molecule has 3 heteroatoms. The fourth-order valence-corrected chi connectivity index (χ4v) is 2.03. The Balaban J connectivity index is 2.09. The highest BCUT2D eigenvalue weighted by molar-refractivity contribution is 5.49. The number of nitrogens with zero attached hydrogens (tertiary/aromatic N) is 2. The summed E-state index contributed by atoms with van der Waals surface area (Å²) in [7, 11) is 4.10. The quantitative estimate of drug-likeness (QED) is 0.904. The Kier molecular flexibility index (Phi) is 4.05. The maximum absolute atomic E-state index is 4.20. The number of aryl methyl sites for hydroxylation is 1. The molecule has 0 fully saturated rings. The van der Waals surface area contributed by atoms with Gasteiger partial charge in [0.2, 0.25) is 0 Å². The minimum atomic E-state index is 0.264. The SMILES string of the molecule is Cc1cncc(NC(C)c2ccc(N(C)C)cc2)c1. The van der Waals surface area contributed by atoms with Crippen molar-refractivity contribution in [1.82, 2.24) is 4.98 Å². The van der Waals surface area contributed by atoms with Crippen molar-refractivity contribution in [3.05, 3.63) is 53.9 Å². The predicted octanol–water partition coefficient (Wildman–Crippen LogP) is 3.63. The van der Waals surface area contributed by atoms with Gasteiger partial charge in [-0.3, -0.25) is 4.98 Å². The largest absolute Gasteiger partial charge is 0.378 e. The van der Waals surface area contributed by atoms with Crippen molar-refractivity contribution < 1.29 is 0 Å². The monoisotopic (exact) mass is 255 g/mol. The van der Waals surface area contributed by atoms with Crippen LogP contribution in [0.25, 0.3) is 0 Å². The Morgan fingerprint density at radius 1 is 1.11 bits per heavy atom. The van der Waals surface area contributed by atoms with Crippen molar-refractivity contribution >= 4 is 11.4 Å². The van der Waals surface area contributed by atoms with Crippen molar-refractivity contribution in [3.63, 3.8) is 0 Å². The van der Waals surface area contributed by atoms with E-state index in [1.54, 1.807) is 0 Å². The van der Waals surface area contributed by atoms with E-state index in [2.05, 4.69) is 73.5 Å². The molecule has 1 unspecified atom stereocenters. The summed E-state index contributed by atoms with van der Waals surface area (Å²) in [4.78, 5) is 6.30. The number of pyridine rings is 1. The van der Waals surface area contributed by atoms with Gasteiger partial charge in [0.1, 0.15) is 0 Å². The van der Waals surface area contributed by atoms with Gasteiger partial charge >= 0.3 is 0 Å². The first-order chi connectivity index (χ1) is 9.06. The highest BCUT2D eigenvalue weighted by Crippen LogP contribution is 2.21. The molecule has 1 heterocycles. The van der Waals surface area contributed by atoms with Gasteiger partial charge in [0, 0.05) is 38.2 Å². The molecule has 19 heavy (non-hydrogen) atoms. The van der Waals surface area contributed by atoms with Crippen LogP contribution in [0, 0.1) is 6.92 Å². The number of rotatable bonds is 4. The summed E-state index contributed by atoms with van der Waals surface area (Å²) < 4.78 is 0. The third-order valence-corrected chi connectivity index (χ3v) is 3.17. The molecule has 0 spiro atoms. The van der Waals surface area contributed by atoms with Gasteiger partial charge in [0.05, 0.1) is 5.69 Å². The molecule has 0 aliphatic rings. The topological polar surface area (TPSA) is 28.2 Å². The normalized spacial score (nSPS) is 12.0. The second kappa shape index (κ2) is 5.74. The highest BCUT2D eigenvalue weighted by atomic mass is 15.1. The Hall–Kier alpha value is -2.03. The van der Waals surface area contributed by atoms with Crippen molar-refractivity contribution in [2.24, 2.45) is 0 Å². The summed E-state index contributed by atoms with van der Waals surface area (Å²) >= 11 is 0. The molecule has 0 saturated heterocycles. The van der Waals surface area contributed by atoms with E-state index in [1.807, 2.05) is 12.4 Å². The Morgan fingerprint density at radius 3 is 2.37 bits per heavy atom. The van der Waals surface area contributed by atoms with Crippen LogP contribution in [0.5, 0.6) is 0 Å². The zero-order valence-electron chi connectivity index (χ0n) is 12.0. The summed E-state index contributed by atoms with van der Waals surface area (Å²) in [5.74, 6) is 0. The van der Waals surface area contributed by atoms with E-state index in [-0.39, 0.29) is 6.04 Å². The summed E-state index contributed by atoms with van der Waals surface area (Å²) in [6, 6.07) is 11.0. The maximum Gasteiger partial charge on any atom is 0.0534 e. The molecule has 0 amide bonds. The Morgan fingerprint density at radius 2 is 1.79 bits per heavy atom. The van der Waals surface area contributed by atoms with Crippen molar-refractivity contribution in [3.8, 4) is 0 Å². The van der Waals surface area contributed by atoms with Crippen LogP contribution < -0.4 is 10.2 Å². The van der Waals surface area contributed by atoms with E-state index >= 15 is 0 Å². The summed E-state index contributed by atoms with van der Waals surface area (Å²) in [5.41, 5.74) is 4.71. The lowest BCUT2D eigenvalue weighted by atomic mass is 10.1. The fourth-order valence-electron chi connectivity index (χ4n) is 2.03. The number of aromatic nitrogens is 1. The fraction of sp³-hybridized carbons (Fsp3) is 0.312. The Bertz CT molecular complexity index is 532. The molecule has 0 bridgehead atoms. The van der Waals surface area contributed by atoms with Gasteiger partial charge in [-0.05, 0) is 43.2 Å². The van der Waals surface area contributed by atoms with Crippen LogP contribution in [0.4, 0.5) is 11.4 Å². The molecule has 2 rings (SSSR count). The van der Waals surface area contributed by atoms with E-state index in [0.29, 0.717) is 0 Å². The number of anilines is 2. The number of benzene rings is 1. The molecule has 1 atom stereocenters. The molecular formula is C16H21N3. The van der Waals surface area contributed by atoms with E-state index in [1.165, 1.54) is 16.8 Å². The lowest BCUT2D eigenvalue weighted by Crippen LogP contribution is -2.10. The molecule has 1 N–H and O–H groups in total. The van der Waals surface area contributed by atoms with Gasteiger partial charge in [-0.15, -0.1) is 0 Å². The third-order valence-electron chi connectivity index (χ3n) is 3.17. The Labute approximate surface area is 115 Å². The number of hydrogen-bond donors (Lipinski definition) is 1. The second-order valence-electron chi connectivity index (χ2n) is 5.10. The van der Waals surface area contributed by atoms with Gasteiger partial charge in [0.25, 0.3) is 0 Å². The van der Waals surface area contributed by atoms with Gasteiger partial charge in [-0.2, -0.15) is 0 Å². The van der Waals surface area contributed by atoms with Crippen molar-refractivity contribution in [1.29, 1.82) is 0 Å². The molecule has 0 aliphatic heterocycles. The number of nitrogens with one attached hydrogen (secondary N) is 1. The molecule has 100 valence electrons. The molecule has 3 nitrogen and oxygen atoms in total. The van der Waals surface area contributed by atoms with Gasteiger partial charge in [-0.25, -0.2) is 0 Å². The van der Waals surface area contributed by atoms with E-state index in [9.17, 15) is 0 Å². The van der Waals surface area contributed by atoms with Crippen LogP contribution in [0.1, 0.15) is 24.1 Å². The summed E-state index contributed by atoms with van der Waals surface area (Å²) in [6.45, 7) is 4.21. The average molecular weight is 255 g/mol. The van der Waals surface area contributed by atoms with Crippen LogP contribution in [0.15, 0.2) is 42.7 Å². The van der Waals surface area contributed by atoms with E-state index in [4.69, 9.17) is 0 Å². The van der Waals surface area contributed by atoms with Gasteiger partial charge in [-0.1, -0.05) is 12.1 Å². The highest BCUT2D eigenvalue weighted by Gasteiger charge is 2.06. The molecule has 1 aromatic carbocycles. The van der Waals surface area contributed by atoms with Crippen molar-refractivity contribution in [2.45, 2.75) is 19.9 Å². The second-order valence-corrected chi connectivity index (χ2v) is 5.10. The van der Waals surface area contributed by atoms with Crippen LogP contribution >= 0.6 is 0 Å². The summed E-state index contributed by atoms with van der Waals surface area (Å²) in [5, 5.41) is 3.47. The first kappa shape index (κ1) is 13.4. The lowest BCUT2D eigenvalue weighted by molar-refractivity contribution is 0.881. The van der Waals surface area contributed by atoms with Crippen LogP contribution in [-0.2, 0) is 0 Å². The molecule has 1 aromatic heterocycles. The number of hydrogen-bond acceptors (Lipinski definition) is 3. The summed E-state index contributed by atoms with van der Waals surface area (Å²) in [6.07, 6.45) is 3.72. The van der Waals surface area contributed by atoms with Crippen LogP contribution in [0.2, 0.25) is 0 Å². The first-order valence-corrected chi connectivity index (χ1v) is 6.52. The maximum atomic E-state index is 4.20. The minimum Gasteiger partial charge on any atom is -0.378 e. The van der Waals surface area contributed by atoms with E-state index in [0.717, 1.165) is 5.69 Å². The van der Waals surface area contributed by atoms with Crippen LogP contribution in [0.3, 0.4) is 0 Å². The molecule has 2 aromatic rings. The van der Waals surface area contributed by atoms with Gasteiger partial charge in [0.15, 0.2) is 0 Å². The zero-order valence-corrected chi connectivity index (χ0v) is 12.0. The zero-order chi connectivity index (χ0) is 13.8. The van der Waals surface area contributed by atoms with E-state index < -0.39 is 0 Å². The standard InChI is InChI=1S/C16H21N3/c1-12-9-15(11-17-10-12)18-13(2)14-5-7-16(8-6-14)19(3)4/h5-11,13,18H,1-4H3. The molecule has 0 saturated carbocycles. The van der Waals surface area contributed by atoms with Gasteiger partial charge < -0.3 is 10.2 Å². The third kappa shape index (κ3) is 3.47. The predicted molar refractivity (Wildman–Crippen MR) is 81.8 cm³/mol. The molecule has 0 aliphatic carbocycles. The molecule has 0 radical (unpaired) electrons. The minimum absolute atomic E-state index is 0.264. The first-order valence-electron chi connectivity index (χ1n) is 6.52. The smallest absolute Gasteiger partial charge is 0.0534 e. The van der Waals surface area contributed by atoms with Crippen LogP contribution in [-0.4, -0.2) is 19.1 Å². The molecular weight excluding hydrogens is 234 g/mol. The van der Waals surface area contributed by atoms with Crippen molar-refractivity contribution in [2.75, 3.05) is 24.3 Å². The lowest BCUT2D eigenvalue weighted by Gasteiger charge is -2.18. The average Bonchev–Trinajstić information content (AvgIpc) is 2.39.